The van der Waals surface area contributed by atoms with Crippen LogP contribution in [0.4, 0.5) is 0 Å². The van der Waals surface area contributed by atoms with Crippen molar-refractivity contribution in [1.82, 2.24) is 0 Å². The molecule has 0 aliphatic rings. The number of fused-ring (bicyclic) bond motifs is 1. The molecule has 0 radical (unpaired) electrons. The Morgan fingerprint density at radius 2 is 2.14 bits per heavy atom. The van der Waals surface area contributed by atoms with Crippen LogP contribution >= 0.6 is 21.9 Å². The molecule has 0 spiro atoms. The van der Waals surface area contributed by atoms with E-state index in [1.165, 1.54) is 6.26 Å². The van der Waals surface area contributed by atoms with Gasteiger partial charge in [0.2, 0.25) is 5.43 Å². The number of hydrogen-bond donors (Lipinski definition) is 1. The monoisotopic (exact) mass is 224 g/mol. The van der Waals surface area contributed by atoms with Crippen LogP contribution in [0.5, 0.6) is 0 Å². The van der Waals surface area contributed by atoms with Gasteiger partial charge in [-0.05, 0) is 29.9 Å². The minimum atomic E-state index is -0.0815. The first-order valence-corrected chi connectivity index (χ1v) is 5.12. The SMILES string of the molecule is Cc1cc(P)cc2c(=O)c(S)coc12. The molecule has 1 unspecified atom stereocenters. The van der Waals surface area contributed by atoms with Crippen LogP contribution in [0.2, 0.25) is 0 Å². The summed E-state index contributed by atoms with van der Waals surface area (Å²) >= 11 is 4.03. The van der Waals surface area contributed by atoms with Crippen molar-refractivity contribution in [1.29, 1.82) is 0 Å². The molecular weight excluding hydrogens is 215 g/mol. The summed E-state index contributed by atoms with van der Waals surface area (Å²) in [4.78, 5) is 12.0. The highest BCUT2D eigenvalue weighted by Gasteiger charge is 2.06. The number of rotatable bonds is 0. The Kier molecular flexibility index (Phi) is 2.38. The summed E-state index contributed by atoms with van der Waals surface area (Å²) in [5, 5.41) is 1.56. The Morgan fingerprint density at radius 1 is 1.43 bits per heavy atom. The normalized spacial score (nSPS) is 10.8. The summed E-state index contributed by atoms with van der Waals surface area (Å²) < 4.78 is 5.32. The van der Waals surface area contributed by atoms with Crippen molar-refractivity contribution < 1.29 is 4.42 Å². The summed E-state index contributed by atoms with van der Waals surface area (Å²) in [6.07, 6.45) is 1.38. The number of aryl methyl sites for hydroxylation is 1. The number of hydrogen-bond acceptors (Lipinski definition) is 3. The predicted octanol–water partition coefficient (Wildman–Crippen LogP) is 1.89. The molecule has 1 heterocycles. The quantitative estimate of drug-likeness (QED) is 0.547. The lowest BCUT2D eigenvalue weighted by Gasteiger charge is -2.02. The second-order valence-electron chi connectivity index (χ2n) is 3.16. The standard InChI is InChI=1S/C10H9O2PS/c1-5-2-6(13)3-7-9(11)8(14)4-12-10(5)7/h2-4,14H,13H2,1H3. The molecule has 14 heavy (non-hydrogen) atoms. The molecule has 1 aromatic heterocycles. The van der Waals surface area contributed by atoms with E-state index in [0.717, 1.165) is 10.9 Å². The van der Waals surface area contributed by atoms with E-state index in [1.807, 2.05) is 13.0 Å². The smallest absolute Gasteiger partial charge is 0.205 e. The zero-order chi connectivity index (χ0) is 10.3. The fourth-order valence-corrected chi connectivity index (χ4v) is 2.02. The average molecular weight is 224 g/mol. The second kappa shape index (κ2) is 3.41. The van der Waals surface area contributed by atoms with E-state index in [0.29, 0.717) is 15.9 Å². The summed E-state index contributed by atoms with van der Waals surface area (Å²) in [7, 11) is 2.57. The van der Waals surface area contributed by atoms with E-state index >= 15 is 0 Å². The first-order valence-electron chi connectivity index (χ1n) is 4.10. The van der Waals surface area contributed by atoms with E-state index < -0.39 is 0 Å². The van der Waals surface area contributed by atoms with Gasteiger partial charge in [0.15, 0.2) is 0 Å². The van der Waals surface area contributed by atoms with Crippen molar-refractivity contribution in [3.8, 4) is 0 Å². The Morgan fingerprint density at radius 3 is 2.86 bits per heavy atom. The highest BCUT2D eigenvalue weighted by atomic mass is 32.1. The number of benzene rings is 1. The molecule has 4 heteroatoms. The van der Waals surface area contributed by atoms with Crippen molar-refractivity contribution in [3.05, 3.63) is 34.2 Å². The fraction of sp³-hybridized carbons (Fsp3) is 0.100. The summed E-state index contributed by atoms with van der Waals surface area (Å²) in [6.45, 7) is 1.91. The van der Waals surface area contributed by atoms with Crippen molar-refractivity contribution in [2.75, 3.05) is 0 Å². The molecular formula is C10H9O2PS. The van der Waals surface area contributed by atoms with Crippen molar-refractivity contribution >= 4 is 38.1 Å². The third-order valence-corrected chi connectivity index (χ3v) is 2.70. The minimum Gasteiger partial charge on any atom is -0.463 e. The van der Waals surface area contributed by atoms with Crippen molar-refractivity contribution in [2.45, 2.75) is 11.8 Å². The van der Waals surface area contributed by atoms with E-state index in [9.17, 15) is 4.79 Å². The van der Waals surface area contributed by atoms with Crippen LogP contribution in [0.15, 0.2) is 32.5 Å². The van der Waals surface area contributed by atoms with E-state index in [-0.39, 0.29) is 5.43 Å². The van der Waals surface area contributed by atoms with Gasteiger partial charge in [-0.1, -0.05) is 0 Å². The highest BCUT2D eigenvalue weighted by molar-refractivity contribution is 7.80. The van der Waals surface area contributed by atoms with Crippen LogP contribution < -0.4 is 10.7 Å². The van der Waals surface area contributed by atoms with Gasteiger partial charge in [-0.2, -0.15) is 0 Å². The van der Waals surface area contributed by atoms with E-state index in [1.54, 1.807) is 6.07 Å². The maximum atomic E-state index is 11.7. The van der Waals surface area contributed by atoms with Crippen LogP contribution in [0.3, 0.4) is 0 Å². The van der Waals surface area contributed by atoms with Crippen LogP contribution in [-0.2, 0) is 0 Å². The molecule has 1 atom stereocenters. The van der Waals surface area contributed by atoms with Crippen LogP contribution in [0.1, 0.15) is 5.56 Å². The Balaban J connectivity index is 3.03. The third-order valence-electron chi connectivity index (χ3n) is 2.06. The molecule has 0 N–H and O–H groups in total. The molecule has 2 rings (SSSR count). The maximum absolute atomic E-state index is 11.7. The largest absolute Gasteiger partial charge is 0.463 e. The van der Waals surface area contributed by atoms with Crippen LogP contribution in [0, 0.1) is 6.92 Å². The molecule has 72 valence electrons. The lowest BCUT2D eigenvalue weighted by molar-refractivity contribution is 0.585. The molecule has 1 aromatic carbocycles. The van der Waals surface area contributed by atoms with Gasteiger partial charge in [-0.25, -0.2) is 0 Å². The summed E-state index contributed by atoms with van der Waals surface area (Å²) in [5.74, 6) is 0. The van der Waals surface area contributed by atoms with Gasteiger partial charge < -0.3 is 4.42 Å². The van der Waals surface area contributed by atoms with Crippen molar-refractivity contribution in [2.24, 2.45) is 0 Å². The molecule has 0 fully saturated rings. The molecule has 0 aliphatic carbocycles. The molecule has 2 nitrogen and oxygen atoms in total. The molecule has 2 aromatic rings. The molecule has 0 saturated heterocycles. The molecule has 0 aliphatic heterocycles. The molecule has 0 bridgehead atoms. The lowest BCUT2D eigenvalue weighted by atomic mass is 10.1. The zero-order valence-corrected chi connectivity index (χ0v) is 9.62. The lowest BCUT2D eigenvalue weighted by Crippen LogP contribution is -2.05. The molecule has 0 saturated carbocycles. The highest BCUT2D eigenvalue weighted by Crippen LogP contribution is 2.16. The Hall–Kier alpha value is -0.790. The van der Waals surface area contributed by atoms with Crippen molar-refractivity contribution in [3.63, 3.8) is 0 Å². The summed E-state index contributed by atoms with van der Waals surface area (Å²) in [5.41, 5.74) is 1.51. The third kappa shape index (κ3) is 1.47. The van der Waals surface area contributed by atoms with Gasteiger partial charge in [-0.15, -0.1) is 21.9 Å². The topological polar surface area (TPSA) is 30.2 Å². The van der Waals surface area contributed by atoms with E-state index in [2.05, 4.69) is 21.9 Å². The van der Waals surface area contributed by atoms with Gasteiger partial charge in [0, 0.05) is 0 Å². The van der Waals surface area contributed by atoms with Gasteiger partial charge >= 0.3 is 0 Å². The van der Waals surface area contributed by atoms with Gasteiger partial charge in [0.25, 0.3) is 0 Å². The second-order valence-corrected chi connectivity index (χ2v) is 4.31. The Bertz CT molecular complexity index is 560. The first kappa shape index (κ1) is 9.75. The van der Waals surface area contributed by atoms with Gasteiger partial charge in [0.1, 0.15) is 11.8 Å². The summed E-state index contributed by atoms with van der Waals surface area (Å²) in [6, 6.07) is 3.74. The van der Waals surface area contributed by atoms with Gasteiger partial charge in [0.05, 0.1) is 10.3 Å². The zero-order valence-electron chi connectivity index (χ0n) is 7.57. The predicted molar refractivity (Wildman–Crippen MR) is 63.8 cm³/mol. The van der Waals surface area contributed by atoms with Crippen LogP contribution in [0.25, 0.3) is 11.0 Å². The first-order chi connectivity index (χ1) is 6.59. The average Bonchev–Trinajstić information content (AvgIpc) is 2.12. The van der Waals surface area contributed by atoms with E-state index in [4.69, 9.17) is 4.42 Å². The fourth-order valence-electron chi connectivity index (χ4n) is 1.43. The minimum absolute atomic E-state index is 0.0815. The maximum Gasteiger partial charge on any atom is 0.205 e. The molecule has 0 amide bonds. The number of thiol groups is 1. The van der Waals surface area contributed by atoms with Crippen LogP contribution in [-0.4, -0.2) is 0 Å². The Labute approximate surface area is 88.9 Å². The van der Waals surface area contributed by atoms with Gasteiger partial charge in [-0.3, -0.25) is 4.79 Å².